The zero-order valence-corrected chi connectivity index (χ0v) is 19.1. The van der Waals surface area contributed by atoms with E-state index in [1.807, 2.05) is 53.2 Å². The van der Waals surface area contributed by atoms with Crippen LogP contribution in [-0.4, -0.2) is 36.2 Å². The summed E-state index contributed by atoms with van der Waals surface area (Å²) in [5.74, 6) is -0.195. The minimum atomic E-state index is -0.683. The molecule has 0 fully saturated rings. The van der Waals surface area contributed by atoms with Crippen LogP contribution in [-0.2, 0) is 29.5 Å². The third kappa shape index (κ3) is 3.24. The van der Waals surface area contributed by atoms with E-state index < -0.39 is 23.8 Å². The molecule has 0 unspecified atom stereocenters. The van der Waals surface area contributed by atoms with Gasteiger partial charge in [0.2, 0.25) is 5.78 Å². The fraction of sp³-hybridized carbons (Fsp3) is 0.200. The topological polar surface area (TPSA) is 92.5 Å². The van der Waals surface area contributed by atoms with Crippen LogP contribution >= 0.6 is 0 Å². The molecule has 5 aromatic rings. The van der Waals surface area contributed by atoms with Crippen LogP contribution in [0.25, 0.3) is 33.9 Å². The molecular weight excluding hydrogens is 434 g/mol. The van der Waals surface area contributed by atoms with E-state index in [9.17, 15) is 14.4 Å². The van der Waals surface area contributed by atoms with Crippen LogP contribution in [0, 0.1) is 0 Å². The summed E-state index contributed by atoms with van der Waals surface area (Å²) in [5, 5.41) is 0. The van der Waals surface area contributed by atoms with Crippen LogP contribution in [0.3, 0.4) is 0 Å². The third-order valence-electron chi connectivity index (χ3n) is 6.04. The van der Waals surface area contributed by atoms with Gasteiger partial charge < -0.3 is 4.74 Å². The number of nitrogens with zero attached hydrogens (tertiary/aromatic N) is 5. The largest absolute Gasteiger partial charge is 0.468 e. The number of imidazole rings is 2. The second-order valence-electron chi connectivity index (χ2n) is 8.00. The quantitative estimate of drug-likeness (QED) is 0.378. The van der Waals surface area contributed by atoms with Crippen LogP contribution < -0.4 is 11.2 Å². The molecule has 0 aliphatic rings. The van der Waals surface area contributed by atoms with Crippen LogP contribution in [0.15, 0.2) is 70.4 Å². The fourth-order valence-corrected chi connectivity index (χ4v) is 4.18. The van der Waals surface area contributed by atoms with Crippen LogP contribution in [0.1, 0.15) is 12.5 Å². The van der Waals surface area contributed by atoms with E-state index in [0.29, 0.717) is 5.78 Å². The maximum atomic E-state index is 13.4. The molecule has 9 nitrogen and oxygen atoms in total. The van der Waals surface area contributed by atoms with Gasteiger partial charge in [-0.05, 0) is 24.1 Å². The second kappa shape index (κ2) is 8.18. The third-order valence-corrected chi connectivity index (χ3v) is 6.04. The molecule has 9 heteroatoms. The van der Waals surface area contributed by atoms with E-state index in [-0.39, 0.29) is 11.2 Å². The van der Waals surface area contributed by atoms with Gasteiger partial charge in [-0.25, -0.2) is 9.36 Å². The Bertz CT molecular complexity index is 1650. The molecule has 0 bridgehead atoms. The van der Waals surface area contributed by atoms with Crippen molar-refractivity contribution in [1.29, 1.82) is 0 Å². The van der Waals surface area contributed by atoms with Crippen LogP contribution in [0.5, 0.6) is 0 Å². The molecule has 34 heavy (non-hydrogen) atoms. The minimum absolute atomic E-state index is 0.210. The maximum Gasteiger partial charge on any atom is 0.333 e. The first-order chi connectivity index (χ1) is 16.4. The van der Waals surface area contributed by atoms with Gasteiger partial charge in [0.05, 0.1) is 12.8 Å². The second-order valence-corrected chi connectivity index (χ2v) is 8.00. The van der Waals surface area contributed by atoms with Gasteiger partial charge in [-0.3, -0.25) is 23.1 Å². The van der Waals surface area contributed by atoms with Gasteiger partial charge in [-0.2, -0.15) is 4.98 Å². The van der Waals surface area contributed by atoms with Gasteiger partial charge in [-0.1, -0.05) is 49.4 Å². The van der Waals surface area contributed by atoms with E-state index in [0.717, 1.165) is 27.9 Å². The van der Waals surface area contributed by atoms with E-state index in [1.165, 1.54) is 24.3 Å². The smallest absolute Gasteiger partial charge is 0.333 e. The van der Waals surface area contributed by atoms with Crippen molar-refractivity contribution in [3.63, 3.8) is 0 Å². The molecular formula is C25H23N5O4. The first kappa shape index (κ1) is 21.4. The summed E-state index contributed by atoms with van der Waals surface area (Å²) in [6, 6.07) is 17.9. The van der Waals surface area contributed by atoms with Gasteiger partial charge in [0.15, 0.2) is 11.2 Å². The number of hydrogen-bond donors (Lipinski definition) is 0. The molecule has 0 radical (unpaired) electrons. The summed E-state index contributed by atoms with van der Waals surface area (Å²) in [6.07, 6.45) is 2.75. The van der Waals surface area contributed by atoms with Gasteiger partial charge in [-0.15, -0.1) is 0 Å². The normalized spacial score (nSPS) is 11.4. The molecule has 2 aromatic carbocycles. The Balaban J connectivity index is 1.88. The highest BCUT2D eigenvalue weighted by Gasteiger charge is 2.23. The standard InChI is InChI=1S/C25H23N5O4/c1-4-16-10-12-18(13-11-16)30-19(17-8-6-5-7-9-17)14-28-21-22(26-24(28)30)27(2)25(33)29(23(21)32)15-20(31)34-3/h5-14H,4,15H2,1-3H3. The first-order valence-electron chi connectivity index (χ1n) is 10.9. The number of ether oxygens (including phenoxy) is 1. The Kier molecular flexibility index (Phi) is 5.16. The number of carbonyl (C=O) groups is 1. The fourth-order valence-electron chi connectivity index (χ4n) is 4.18. The highest BCUT2D eigenvalue weighted by atomic mass is 16.5. The lowest BCUT2D eigenvalue weighted by molar-refractivity contribution is -0.141. The Labute approximate surface area is 194 Å². The molecule has 0 saturated heterocycles. The number of esters is 1. The van der Waals surface area contributed by atoms with Crippen molar-refractivity contribution in [2.24, 2.45) is 7.05 Å². The molecule has 3 aromatic heterocycles. The Hall–Kier alpha value is -4.40. The summed E-state index contributed by atoms with van der Waals surface area (Å²) in [4.78, 5) is 42.8. The number of aromatic nitrogens is 5. The Morgan fingerprint density at radius 3 is 2.38 bits per heavy atom. The number of benzene rings is 2. The number of rotatable bonds is 5. The zero-order chi connectivity index (χ0) is 24.0. The average Bonchev–Trinajstić information content (AvgIpc) is 3.42. The van der Waals surface area contributed by atoms with Gasteiger partial charge in [0, 0.05) is 24.5 Å². The summed E-state index contributed by atoms with van der Waals surface area (Å²) in [5.41, 5.74) is 3.07. The molecule has 5 rings (SSSR count). The summed E-state index contributed by atoms with van der Waals surface area (Å²) in [6.45, 7) is 1.62. The predicted octanol–water partition coefficient (Wildman–Crippen LogP) is 2.54. The number of fused-ring (bicyclic) bond motifs is 3. The number of hydrogen-bond acceptors (Lipinski definition) is 5. The molecule has 172 valence electrons. The Morgan fingerprint density at radius 1 is 1.03 bits per heavy atom. The van der Waals surface area contributed by atoms with E-state index in [4.69, 9.17) is 4.98 Å². The van der Waals surface area contributed by atoms with Crippen molar-refractivity contribution in [2.75, 3.05) is 7.11 Å². The highest BCUT2D eigenvalue weighted by Crippen LogP contribution is 2.29. The van der Waals surface area contributed by atoms with E-state index in [1.54, 1.807) is 4.40 Å². The molecule has 0 spiro atoms. The lowest BCUT2D eigenvalue weighted by atomic mass is 10.1. The van der Waals surface area contributed by atoms with Crippen LogP contribution in [0.4, 0.5) is 0 Å². The van der Waals surface area contributed by atoms with Crippen molar-refractivity contribution in [3.05, 3.63) is 87.2 Å². The zero-order valence-electron chi connectivity index (χ0n) is 19.1. The number of methoxy groups -OCH3 is 1. The molecule has 0 aliphatic heterocycles. The minimum Gasteiger partial charge on any atom is -0.468 e. The summed E-state index contributed by atoms with van der Waals surface area (Å²) < 4.78 is 10.5. The van der Waals surface area contributed by atoms with Crippen LogP contribution in [0.2, 0.25) is 0 Å². The van der Waals surface area contributed by atoms with Crippen molar-refractivity contribution >= 4 is 22.9 Å². The highest BCUT2D eigenvalue weighted by molar-refractivity contribution is 5.80. The average molecular weight is 457 g/mol. The van der Waals surface area contributed by atoms with E-state index in [2.05, 4.69) is 23.8 Å². The monoisotopic (exact) mass is 457 g/mol. The summed E-state index contributed by atoms with van der Waals surface area (Å²) in [7, 11) is 2.74. The van der Waals surface area contributed by atoms with Crippen molar-refractivity contribution in [2.45, 2.75) is 19.9 Å². The van der Waals surface area contributed by atoms with Crippen molar-refractivity contribution in [3.8, 4) is 16.9 Å². The Morgan fingerprint density at radius 2 is 1.74 bits per heavy atom. The molecule has 0 atom stereocenters. The molecule has 0 aliphatic carbocycles. The molecule has 0 amide bonds. The van der Waals surface area contributed by atoms with Gasteiger partial charge in [0.1, 0.15) is 6.54 Å². The maximum absolute atomic E-state index is 13.4. The van der Waals surface area contributed by atoms with Crippen molar-refractivity contribution in [1.82, 2.24) is 23.1 Å². The molecule has 0 N–H and O–H groups in total. The first-order valence-corrected chi connectivity index (χ1v) is 10.9. The lowest BCUT2D eigenvalue weighted by Crippen LogP contribution is -2.41. The van der Waals surface area contributed by atoms with Gasteiger partial charge in [0.25, 0.3) is 5.56 Å². The number of carbonyl (C=O) groups excluding carboxylic acids is 1. The molecule has 0 saturated carbocycles. The van der Waals surface area contributed by atoms with E-state index >= 15 is 0 Å². The molecule has 3 heterocycles. The lowest BCUT2D eigenvalue weighted by Gasteiger charge is -2.10. The SMILES string of the molecule is CCc1ccc(-n2c(-c3ccccc3)cn3c4c(=O)n(CC(=O)OC)c(=O)n(C)c4nc23)cc1. The predicted molar refractivity (Wildman–Crippen MR) is 128 cm³/mol. The number of aryl methyl sites for hydroxylation is 2. The van der Waals surface area contributed by atoms with Crippen molar-refractivity contribution < 1.29 is 9.53 Å². The summed E-state index contributed by atoms with van der Waals surface area (Å²) >= 11 is 0. The van der Waals surface area contributed by atoms with Gasteiger partial charge >= 0.3 is 11.7 Å².